The highest BCUT2D eigenvalue weighted by molar-refractivity contribution is 4.93. The van der Waals surface area contributed by atoms with E-state index >= 15 is 0 Å². The Morgan fingerprint density at radius 2 is 2.26 bits per heavy atom. The Morgan fingerprint density at radius 3 is 2.95 bits per heavy atom. The van der Waals surface area contributed by atoms with Crippen molar-refractivity contribution in [2.75, 3.05) is 6.54 Å². The summed E-state index contributed by atoms with van der Waals surface area (Å²) in [6.45, 7) is 3.20. The quantitative estimate of drug-likeness (QED) is 0.916. The van der Waals surface area contributed by atoms with Crippen LogP contribution in [0, 0.1) is 5.92 Å². The van der Waals surface area contributed by atoms with Crippen LogP contribution in [0.2, 0.25) is 0 Å². The maximum Gasteiger partial charge on any atom is 0.391 e. The Labute approximate surface area is 110 Å². The van der Waals surface area contributed by atoms with Crippen molar-refractivity contribution in [3.63, 3.8) is 0 Å². The summed E-state index contributed by atoms with van der Waals surface area (Å²) < 4.78 is 40.0. The number of hydrogen-bond acceptors (Lipinski definition) is 3. The predicted octanol–water partition coefficient (Wildman–Crippen LogP) is 2.16. The van der Waals surface area contributed by atoms with Gasteiger partial charge in [-0.15, -0.1) is 0 Å². The molecule has 1 aromatic heterocycles. The minimum atomic E-state index is -4.09. The number of rotatable bonds is 4. The molecule has 1 aromatic rings. The number of aryl methyl sites for hydroxylation is 1. The van der Waals surface area contributed by atoms with E-state index in [1.165, 1.54) is 6.33 Å². The monoisotopic (exact) mass is 276 g/mol. The Hall–Kier alpha value is -1.11. The van der Waals surface area contributed by atoms with Crippen molar-refractivity contribution in [1.82, 2.24) is 20.1 Å². The Bertz CT molecular complexity index is 402. The van der Waals surface area contributed by atoms with E-state index < -0.39 is 12.1 Å². The number of nitrogens with zero attached hydrogens (tertiary/aromatic N) is 3. The Morgan fingerprint density at radius 1 is 1.47 bits per heavy atom. The summed E-state index contributed by atoms with van der Waals surface area (Å²) in [6, 6.07) is -0.166. The van der Waals surface area contributed by atoms with E-state index in [2.05, 4.69) is 15.4 Å². The highest BCUT2D eigenvalue weighted by Gasteiger charge is 2.42. The lowest BCUT2D eigenvalue weighted by Crippen LogP contribution is -2.44. The maximum atomic E-state index is 12.7. The third kappa shape index (κ3) is 3.68. The second kappa shape index (κ2) is 5.90. The normalized spacial score (nSPS) is 24.6. The first-order valence-electron chi connectivity index (χ1n) is 6.67. The average molecular weight is 276 g/mol. The maximum absolute atomic E-state index is 12.7. The molecule has 2 rings (SSSR count). The second-order valence-corrected chi connectivity index (χ2v) is 5.02. The van der Waals surface area contributed by atoms with Gasteiger partial charge in [0.1, 0.15) is 12.2 Å². The average Bonchev–Trinajstić information content (AvgIpc) is 2.77. The Kier molecular flexibility index (Phi) is 4.44. The van der Waals surface area contributed by atoms with Crippen molar-refractivity contribution in [3.8, 4) is 0 Å². The summed E-state index contributed by atoms with van der Waals surface area (Å²) >= 11 is 0. The SMILES string of the molecule is CCCn1ncnc1CC1CC(C(F)(F)F)CCN1. The van der Waals surface area contributed by atoms with Gasteiger partial charge in [-0.2, -0.15) is 18.3 Å². The minimum Gasteiger partial charge on any atom is -0.313 e. The fraction of sp³-hybridized carbons (Fsp3) is 0.833. The summed E-state index contributed by atoms with van der Waals surface area (Å²) in [5, 5.41) is 7.24. The smallest absolute Gasteiger partial charge is 0.313 e. The third-order valence-electron chi connectivity index (χ3n) is 3.52. The van der Waals surface area contributed by atoms with E-state index in [0.29, 0.717) is 13.0 Å². The molecule has 1 aliphatic heterocycles. The lowest BCUT2D eigenvalue weighted by molar-refractivity contribution is -0.183. The number of alkyl halides is 3. The molecule has 19 heavy (non-hydrogen) atoms. The first-order valence-corrected chi connectivity index (χ1v) is 6.67. The standard InChI is InChI=1S/C12H19F3N4/c1-2-5-19-11(17-8-18-19)7-10-6-9(3-4-16-10)12(13,14)15/h8-10,16H,2-7H2,1H3. The molecule has 1 N–H and O–H groups in total. The molecule has 7 heteroatoms. The number of halogens is 3. The zero-order valence-electron chi connectivity index (χ0n) is 11.0. The summed E-state index contributed by atoms with van der Waals surface area (Å²) in [5.74, 6) is -0.427. The predicted molar refractivity (Wildman–Crippen MR) is 64.6 cm³/mol. The second-order valence-electron chi connectivity index (χ2n) is 5.02. The summed E-state index contributed by atoms with van der Waals surface area (Å²) in [7, 11) is 0. The van der Waals surface area contributed by atoms with E-state index in [4.69, 9.17) is 0 Å². The van der Waals surface area contributed by atoms with Crippen molar-refractivity contribution in [1.29, 1.82) is 0 Å². The van der Waals surface area contributed by atoms with Crippen molar-refractivity contribution in [3.05, 3.63) is 12.2 Å². The van der Waals surface area contributed by atoms with Crippen LogP contribution in [0.25, 0.3) is 0 Å². The molecule has 2 unspecified atom stereocenters. The van der Waals surface area contributed by atoms with E-state index in [1.54, 1.807) is 4.68 Å². The molecule has 2 atom stereocenters. The molecular weight excluding hydrogens is 257 g/mol. The molecule has 1 saturated heterocycles. The van der Waals surface area contributed by atoms with Gasteiger partial charge in [-0.3, -0.25) is 4.68 Å². The number of piperidine rings is 1. The summed E-state index contributed by atoms with van der Waals surface area (Å²) in [4.78, 5) is 4.15. The highest BCUT2D eigenvalue weighted by Crippen LogP contribution is 2.34. The van der Waals surface area contributed by atoms with Gasteiger partial charge in [-0.25, -0.2) is 4.98 Å². The van der Waals surface area contributed by atoms with Gasteiger partial charge in [0.05, 0.1) is 5.92 Å². The summed E-state index contributed by atoms with van der Waals surface area (Å²) in [6.07, 6.45) is -0.886. The van der Waals surface area contributed by atoms with Gasteiger partial charge < -0.3 is 5.32 Å². The molecule has 4 nitrogen and oxygen atoms in total. The number of aromatic nitrogens is 3. The third-order valence-corrected chi connectivity index (χ3v) is 3.52. The molecule has 0 aliphatic carbocycles. The van der Waals surface area contributed by atoms with Gasteiger partial charge >= 0.3 is 6.18 Å². The molecular formula is C12H19F3N4. The van der Waals surface area contributed by atoms with Gasteiger partial charge in [0.15, 0.2) is 0 Å². The van der Waals surface area contributed by atoms with E-state index in [9.17, 15) is 13.2 Å². The number of hydrogen-bond donors (Lipinski definition) is 1. The van der Waals surface area contributed by atoms with Gasteiger partial charge in [0.2, 0.25) is 0 Å². The highest BCUT2D eigenvalue weighted by atomic mass is 19.4. The molecule has 108 valence electrons. The van der Waals surface area contributed by atoms with Crippen molar-refractivity contribution in [2.45, 2.75) is 51.4 Å². The summed E-state index contributed by atoms with van der Waals surface area (Å²) in [5.41, 5.74) is 0. The van der Waals surface area contributed by atoms with Gasteiger partial charge in [0.25, 0.3) is 0 Å². The molecule has 2 heterocycles. The van der Waals surface area contributed by atoms with Crippen LogP contribution in [-0.4, -0.2) is 33.5 Å². The van der Waals surface area contributed by atoms with Gasteiger partial charge in [-0.05, 0) is 25.8 Å². The van der Waals surface area contributed by atoms with Crippen LogP contribution in [0.1, 0.15) is 32.0 Å². The van der Waals surface area contributed by atoms with Gasteiger partial charge in [-0.1, -0.05) is 6.92 Å². The molecule has 1 aliphatic rings. The molecule has 0 bridgehead atoms. The lowest BCUT2D eigenvalue weighted by atomic mass is 9.90. The van der Waals surface area contributed by atoms with Crippen molar-refractivity contribution in [2.24, 2.45) is 5.92 Å². The fourth-order valence-corrected chi connectivity index (χ4v) is 2.52. The van der Waals surface area contributed by atoms with E-state index in [-0.39, 0.29) is 18.9 Å². The first-order chi connectivity index (χ1) is 9.00. The molecule has 0 radical (unpaired) electrons. The molecule has 0 aromatic carbocycles. The lowest BCUT2D eigenvalue weighted by Gasteiger charge is -2.31. The van der Waals surface area contributed by atoms with Crippen LogP contribution in [0.5, 0.6) is 0 Å². The van der Waals surface area contributed by atoms with Crippen LogP contribution in [0.15, 0.2) is 6.33 Å². The van der Waals surface area contributed by atoms with E-state index in [0.717, 1.165) is 18.8 Å². The van der Waals surface area contributed by atoms with Crippen LogP contribution in [-0.2, 0) is 13.0 Å². The number of nitrogens with one attached hydrogen (secondary N) is 1. The van der Waals surface area contributed by atoms with Gasteiger partial charge in [0, 0.05) is 19.0 Å². The fourth-order valence-electron chi connectivity index (χ4n) is 2.52. The molecule has 0 saturated carbocycles. The minimum absolute atomic E-state index is 0.127. The molecule has 1 fully saturated rings. The topological polar surface area (TPSA) is 42.7 Å². The first kappa shape index (κ1) is 14.3. The van der Waals surface area contributed by atoms with Crippen LogP contribution in [0.3, 0.4) is 0 Å². The largest absolute Gasteiger partial charge is 0.391 e. The van der Waals surface area contributed by atoms with Crippen LogP contribution < -0.4 is 5.32 Å². The zero-order valence-corrected chi connectivity index (χ0v) is 11.0. The Balaban J connectivity index is 1.97. The zero-order chi connectivity index (χ0) is 13.9. The van der Waals surface area contributed by atoms with E-state index in [1.807, 2.05) is 6.92 Å². The van der Waals surface area contributed by atoms with Crippen LogP contribution >= 0.6 is 0 Å². The molecule has 0 amide bonds. The van der Waals surface area contributed by atoms with Crippen molar-refractivity contribution < 1.29 is 13.2 Å². The van der Waals surface area contributed by atoms with Crippen LogP contribution in [0.4, 0.5) is 13.2 Å². The van der Waals surface area contributed by atoms with Crippen molar-refractivity contribution >= 4 is 0 Å². The molecule has 0 spiro atoms.